The van der Waals surface area contributed by atoms with Crippen molar-refractivity contribution in [1.82, 2.24) is 4.90 Å². The van der Waals surface area contributed by atoms with Gasteiger partial charge in [-0.25, -0.2) is 0 Å². The van der Waals surface area contributed by atoms with Crippen molar-refractivity contribution >= 4 is 14.6 Å². The highest BCUT2D eigenvalue weighted by Crippen LogP contribution is 2.40. The van der Waals surface area contributed by atoms with Gasteiger partial charge in [0.15, 0.2) is 0 Å². The van der Waals surface area contributed by atoms with E-state index < -0.39 is 8.60 Å². The Kier molecular flexibility index (Phi) is 42.2. The van der Waals surface area contributed by atoms with E-state index in [1.165, 1.54) is 128 Å². The number of nitrogens with zero attached hydrogens (tertiary/aromatic N) is 1. The molecule has 0 radical (unpaired) electrons. The molecule has 1 N–H and O–H groups in total. The first-order valence-electron chi connectivity index (χ1n) is 22.3. The first-order valence-corrected chi connectivity index (χ1v) is 23.4. The highest BCUT2D eigenvalue weighted by molar-refractivity contribution is 7.41. The van der Waals surface area contributed by atoms with Crippen molar-refractivity contribution in [2.45, 2.75) is 226 Å². The van der Waals surface area contributed by atoms with Crippen molar-refractivity contribution in [2.75, 3.05) is 46.1 Å². The van der Waals surface area contributed by atoms with Gasteiger partial charge in [0.2, 0.25) is 0 Å². The maximum Gasteiger partial charge on any atom is 0.332 e. The molecule has 0 rings (SSSR count). The summed E-state index contributed by atoms with van der Waals surface area (Å²) in [4.78, 5) is 14.6. The molecule has 0 fully saturated rings. The first kappa shape index (κ1) is 50.7. The molecule has 0 saturated carbocycles. The average molecular weight is 746 g/mol. The van der Waals surface area contributed by atoms with E-state index in [0.29, 0.717) is 6.42 Å². The average Bonchev–Trinajstić information content (AvgIpc) is 3.12. The molecule has 1 atom stereocenters. The van der Waals surface area contributed by atoms with Crippen molar-refractivity contribution in [2.24, 2.45) is 0 Å². The highest BCUT2D eigenvalue weighted by Gasteiger charge is 2.13. The molecule has 0 bridgehead atoms. The minimum atomic E-state index is -1.23. The van der Waals surface area contributed by atoms with Crippen molar-refractivity contribution in [3.63, 3.8) is 0 Å². The predicted octanol–water partition coefficient (Wildman–Crippen LogP) is 13.3. The molecule has 51 heavy (non-hydrogen) atoms. The molecule has 0 spiro atoms. The van der Waals surface area contributed by atoms with Gasteiger partial charge in [-0.15, -0.1) is 0 Å². The van der Waals surface area contributed by atoms with Gasteiger partial charge in [0, 0.05) is 13.0 Å². The summed E-state index contributed by atoms with van der Waals surface area (Å²) in [6.45, 7) is 14.1. The van der Waals surface area contributed by atoms with Gasteiger partial charge < -0.3 is 28.3 Å². The van der Waals surface area contributed by atoms with Crippen molar-refractivity contribution in [3.8, 4) is 0 Å². The largest absolute Gasteiger partial charge is 0.463 e. The molecule has 306 valence electrons. The molecule has 0 aliphatic carbocycles. The van der Waals surface area contributed by atoms with Gasteiger partial charge in [-0.1, -0.05) is 156 Å². The Bertz CT molecular complexity index is 669. The normalized spacial score (nSPS) is 12.4. The Morgan fingerprint density at radius 2 is 0.882 bits per heavy atom. The zero-order valence-electron chi connectivity index (χ0n) is 34.6. The third-order valence-corrected chi connectivity index (χ3v) is 11.0. The summed E-state index contributed by atoms with van der Waals surface area (Å²) >= 11 is 0. The predicted molar refractivity (Wildman–Crippen MR) is 219 cm³/mol. The standard InChI is InChI=1S/C43H88NO6P/c1-5-8-11-14-19-26-33-42(4)50-43(46)34-27-20-17-21-28-35-44(37-38-45)36-29-22-18-25-32-41-49-51(47-39-30-23-15-12-9-6-2)48-40-31-24-16-13-10-7-3/h42,45H,5-41H2,1-4H3. The third kappa shape index (κ3) is 39.2. The highest BCUT2D eigenvalue weighted by atomic mass is 31.2. The molecule has 0 amide bonds. The fourth-order valence-corrected chi connectivity index (χ4v) is 7.49. The van der Waals surface area contributed by atoms with Gasteiger partial charge in [-0.3, -0.25) is 4.79 Å². The van der Waals surface area contributed by atoms with Crippen LogP contribution in [0, 0.1) is 0 Å². The maximum absolute atomic E-state index is 12.2. The number of rotatable bonds is 43. The van der Waals surface area contributed by atoms with Crippen LogP contribution in [-0.2, 0) is 23.1 Å². The lowest BCUT2D eigenvalue weighted by atomic mass is 10.1. The van der Waals surface area contributed by atoms with Gasteiger partial charge >= 0.3 is 14.6 Å². The number of hydrogen-bond donors (Lipinski definition) is 1. The molecule has 8 heteroatoms. The Morgan fingerprint density at radius 3 is 1.31 bits per heavy atom. The number of hydrogen-bond acceptors (Lipinski definition) is 7. The van der Waals surface area contributed by atoms with Crippen LogP contribution in [0.2, 0.25) is 0 Å². The van der Waals surface area contributed by atoms with Crippen LogP contribution in [-0.4, -0.2) is 68.1 Å². The third-order valence-electron chi connectivity index (χ3n) is 9.77. The summed E-state index contributed by atoms with van der Waals surface area (Å²) in [5, 5.41) is 9.57. The van der Waals surface area contributed by atoms with Crippen molar-refractivity contribution in [3.05, 3.63) is 0 Å². The molecule has 0 saturated heterocycles. The zero-order chi connectivity index (χ0) is 37.3. The second-order valence-corrected chi connectivity index (χ2v) is 16.2. The SMILES string of the molecule is CCCCCCCCOP(OCCCCCCCC)OCCCCCCCN(CCO)CCCCCCCC(=O)OC(C)CCCCCCCC. The quantitative estimate of drug-likeness (QED) is 0.0378. The van der Waals surface area contributed by atoms with E-state index in [0.717, 1.165) is 97.2 Å². The number of ether oxygens (including phenoxy) is 1. The number of esters is 1. The first-order chi connectivity index (χ1) is 25.1. The Morgan fingerprint density at radius 1 is 0.510 bits per heavy atom. The van der Waals surface area contributed by atoms with Crippen LogP contribution in [0.25, 0.3) is 0 Å². The summed E-state index contributed by atoms with van der Waals surface area (Å²) in [5.74, 6) is -0.0270. The number of aliphatic hydroxyl groups is 1. The number of carbonyl (C=O) groups is 1. The lowest BCUT2D eigenvalue weighted by Crippen LogP contribution is -2.29. The zero-order valence-corrected chi connectivity index (χ0v) is 35.5. The topological polar surface area (TPSA) is 77.5 Å². The molecular weight excluding hydrogens is 657 g/mol. The molecule has 1 unspecified atom stereocenters. The van der Waals surface area contributed by atoms with E-state index >= 15 is 0 Å². The summed E-state index contributed by atoms with van der Waals surface area (Å²) in [6, 6.07) is 0. The smallest absolute Gasteiger partial charge is 0.332 e. The number of aliphatic hydroxyl groups excluding tert-OH is 1. The second kappa shape index (κ2) is 42.4. The van der Waals surface area contributed by atoms with Crippen LogP contribution in [0.3, 0.4) is 0 Å². The molecule has 0 aliphatic rings. The molecule has 0 aromatic heterocycles. The monoisotopic (exact) mass is 746 g/mol. The Balaban J connectivity index is 3.96. The Labute approximate surface area is 319 Å². The van der Waals surface area contributed by atoms with Crippen LogP contribution >= 0.6 is 8.60 Å². The van der Waals surface area contributed by atoms with E-state index in [-0.39, 0.29) is 18.7 Å². The van der Waals surface area contributed by atoms with Crippen molar-refractivity contribution < 1.29 is 28.2 Å². The molecule has 0 aromatic carbocycles. The van der Waals surface area contributed by atoms with E-state index in [1.807, 2.05) is 6.92 Å². The van der Waals surface area contributed by atoms with Gasteiger partial charge in [0.25, 0.3) is 0 Å². The number of unbranched alkanes of at least 4 members (excludes halogenated alkanes) is 23. The van der Waals surface area contributed by atoms with E-state index in [1.54, 1.807) is 0 Å². The summed E-state index contributed by atoms with van der Waals surface area (Å²) < 4.78 is 23.9. The van der Waals surface area contributed by atoms with Gasteiger partial charge in [0.05, 0.1) is 32.5 Å². The summed E-state index contributed by atoms with van der Waals surface area (Å²) in [5.41, 5.74) is 0. The van der Waals surface area contributed by atoms with Gasteiger partial charge in [0.1, 0.15) is 0 Å². The fourth-order valence-electron chi connectivity index (χ4n) is 6.43. The van der Waals surface area contributed by atoms with E-state index in [9.17, 15) is 9.90 Å². The van der Waals surface area contributed by atoms with Gasteiger partial charge in [-0.2, -0.15) is 0 Å². The van der Waals surface area contributed by atoms with E-state index in [2.05, 4.69) is 25.7 Å². The fraction of sp³-hybridized carbons (Fsp3) is 0.977. The minimum Gasteiger partial charge on any atom is -0.463 e. The summed E-state index contributed by atoms with van der Waals surface area (Å²) in [6.07, 6.45) is 35.7. The number of carbonyl (C=O) groups excluding carboxylic acids is 1. The Hall–Kier alpha value is -0.300. The molecule has 7 nitrogen and oxygen atoms in total. The maximum atomic E-state index is 12.2. The second-order valence-electron chi connectivity index (χ2n) is 15.0. The van der Waals surface area contributed by atoms with Crippen LogP contribution in [0.1, 0.15) is 220 Å². The lowest BCUT2D eigenvalue weighted by Gasteiger charge is -2.21. The van der Waals surface area contributed by atoms with E-state index in [4.69, 9.17) is 18.3 Å². The van der Waals surface area contributed by atoms with Crippen molar-refractivity contribution in [1.29, 1.82) is 0 Å². The lowest BCUT2D eigenvalue weighted by molar-refractivity contribution is -0.148. The van der Waals surface area contributed by atoms with Gasteiger partial charge in [-0.05, 0) is 71.4 Å². The molecule has 0 aliphatic heterocycles. The van der Waals surface area contributed by atoms with Crippen LogP contribution in [0.4, 0.5) is 0 Å². The molecule has 0 aromatic rings. The summed E-state index contributed by atoms with van der Waals surface area (Å²) in [7, 11) is -1.23. The minimum absolute atomic E-state index is 0.0270. The van der Waals surface area contributed by atoms with Crippen LogP contribution < -0.4 is 0 Å². The van der Waals surface area contributed by atoms with Crippen LogP contribution in [0.5, 0.6) is 0 Å². The molecular formula is C43H88NO6P. The van der Waals surface area contributed by atoms with Crippen LogP contribution in [0.15, 0.2) is 0 Å². The molecule has 0 heterocycles.